The van der Waals surface area contributed by atoms with Crippen LogP contribution < -0.4 is 5.32 Å². The first-order chi connectivity index (χ1) is 7.39. The van der Waals surface area contributed by atoms with Crippen LogP contribution >= 0.6 is 0 Å². The van der Waals surface area contributed by atoms with Gasteiger partial charge in [-0.1, -0.05) is 0 Å². The number of hydrogen-bond donors (Lipinski definition) is 2. The molecule has 3 heterocycles. The minimum atomic E-state index is 0.452. The summed E-state index contributed by atoms with van der Waals surface area (Å²) in [6.07, 6.45) is 6.50. The highest BCUT2D eigenvalue weighted by Gasteiger charge is 2.48. The van der Waals surface area contributed by atoms with Crippen LogP contribution in [-0.2, 0) is 12.0 Å². The van der Waals surface area contributed by atoms with Gasteiger partial charge in [0, 0.05) is 35.8 Å². The van der Waals surface area contributed by atoms with Crippen LogP contribution in [0.1, 0.15) is 24.1 Å². The molecule has 1 aliphatic heterocycles. The molecule has 2 N–H and O–H groups in total. The summed E-state index contributed by atoms with van der Waals surface area (Å²) in [6.45, 7) is 2.13. The van der Waals surface area contributed by atoms with Gasteiger partial charge in [-0.15, -0.1) is 0 Å². The zero-order valence-electron chi connectivity index (χ0n) is 8.51. The molecular weight excluding hydrogens is 186 g/mol. The second-order valence-electron chi connectivity index (χ2n) is 4.78. The van der Waals surface area contributed by atoms with Gasteiger partial charge in [0.25, 0.3) is 0 Å². The monoisotopic (exact) mass is 199 g/mol. The maximum absolute atomic E-state index is 4.17. The molecule has 2 aromatic heterocycles. The van der Waals surface area contributed by atoms with Crippen LogP contribution in [0.3, 0.4) is 0 Å². The van der Waals surface area contributed by atoms with E-state index in [4.69, 9.17) is 0 Å². The molecule has 0 bridgehead atoms. The van der Waals surface area contributed by atoms with Gasteiger partial charge >= 0.3 is 0 Å². The van der Waals surface area contributed by atoms with E-state index in [9.17, 15) is 0 Å². The van der Waals surface area contributed by atoms with Crippen LogP contribution in [0.2, 0.25) is 0 Å². The van der Waals surface area contributed by atoms with Crippen LogP contribution in [0, 0.1) is 0 Å². The predicted molar refractivity (Wildman–Crippen MR) is 58.7 cm³/mol. The molecule has 3 heteroatoms. The molecule has 1 aliphatic carbocycles. The maximum atomic E-state index is 4.17. The van der Waals surface area contributed by atoms with Gasteiger partial charge in [-0.05, 0) is 24.5 Å². The lowest BCUT2D eigenvalue weighted by molar-refractivity contribution is 0.529. The molecule has 0 amide bonds. The zero-order valence-corrected chi connectivity index (χ0v) is 8.51. The van der Waals surface area contributed by atoms with Crippen molar-refractivity contribution in [2.45, 2.75) is 24.8 Å². The molecule has 2 aromatic rings. The molecule has 76 valence electrons. The van der Waals surface area contributed by atoms with E-state index in [1.807, 2.05) is 12.4 Å². The summed E-state index contributed by atoms with van der Waals surface area (Å²) in [5.74, 6) is 0. The summed E-state index contributed by atoms with van der Waals surface area (Å²) in [5, 5.41) is 4.89. The molecule has 2 aliphatic rings. The average Bonchev–Trinajstić information content (AvgIpc) is 2.92. The third-order valence-electron chi connectivity index (χ3n) is 3.83. The highest BCUT2D eigenvalue weighted by Crippen LogP contribution is 2.52. The van der Waals surface area contributed by atoms with Crippen molar-refractivity contribution in [2.75, 3.05) is 6.54 Å². The lowest BCUT2D eigenvalue weighted by Crippen LogP contribution is -2.32. The fourth-order valence-corrected chi connectivity index (χ4v) is 2.93. The molecular formula is C12H13N3. The van der Waals surface area contributed by atoms with E-state index < -0.39 is 0 Å². The lowest BCUT2D eigenvalue weighted by Gasteiger charge is -2.23. The van der Waals surface area contributed by atoms with Crippen molar-refractivity contribution < 1.29 is 0 Å². The summed E-state index contributed by atoms with van der Waals surface area (Å²) >= 11 is 0. The first kappa shape index (κ1) is 7.88. The number of pyridine rings is 1. The van der Waals surface area contributed by atoms with E-state index in [0.717, 1.165) is 13.1 Å². The van der Waals surface area contributed by atoms with Gasteiger partial charge in [-0.3, -0.25) is 4.98 Å². The molecule has 0 radical (unpaired) electrons. The van der Waals surface area contributed by atoms with Gasteiger partial charge in [0.2, 0.25) is 0 Å². The number of hydrogen-bond acceptors (Lipinski definition) is 2. The Labute approximate surface area is 87.9 Å². The largest absolute Gasteiger partial charge is 0.356 e. The van der Waals surface area contributed by atoms with Gasteiger partial charge in [0.1, 0.15) is 0 Å². The third-order valence-corrected chi connectivity index (χ3v) is 3.83. The molecule has 0 saturated heterocycles. The number of fused-ring (bicyclic) bond motifs is 4. The van der Waals surface area contributed by atoms with Crippen molar-refractivity contribution in [3.63, 3.8) is 0 Å². The Balaban J connectivity index is 2.10. The molecule has 3 nitrogen and oxygen atoms in total. The summed E-state index contributed by atoms with van der Waals surface area (Å²) in [4.78, 5) is 7.66. The topological polar surface area (TPSA) is 40.7 Å². The van der Waals surface area contributed by atoms with Crippen LogP contribution in [0.5, 0.6) is 0 Å². The Morgan fingerprint density at radius 3 is 3.13 bits per heavy atom. The van der Waals surface area contributed by atoms with Gasteiger partial charge in [-0.25, -0.2) is 0 Å². The normalized spacial score (nSPS) is 21.9. The van der Waals surface area contributed by atoms with Gasteiger partial charge < -0.3 is 10.3 Å². The highest BCUT2D eigenvalue weighted by molar-refractivity contribution is 5.86. The summed E-state index contributed by atoms with van der Waals surface area (Å²) in [7, 11) is 0. The Kier molecular flexibility index (Phi) is 1.27. The average molecular weight is 199 g/mol. The smallest absolute Gasteiger partial charge is 0.0646 e. The second kappa shape index (κ2) is 2.42. The van der Waals surface area contributed by atoms with Crippen LogP contribution in [0.15, 0.2) is 18.5 Å². The van der Waals surface area contributed by atoms with E-state index in [2.05, 4.69) is 21.4 Å². The van der Waals surface area contributed by atoms with Crippen molar-refractivity contribution in [1.29, 1.82) is 0 Å². The Morgan fingerprint density at radius 2 is 2.27 bits per heavy atom. The Hall–Kier alpha value is -1.35. The number of rotatable bonds is 0. The van der Waals surface area contributed by atoms with Crippen molar-refractivity contribution in [1.82, 2.24) is 15.3 Å². The van der Waals surface area contributed by atoms with E-state index in [0.29, 0.717) is 5.41 Å². The SMILES string of the molecule is c1cc2c3c([nH]c2cn1)CNCC31CC1. The second-order valence-corrected chi connectivity index (χ2v) is 4.78. The van der Waals surface area contributed by atoms with Gasteiger partial charge in [-0.2, -0.15) is 0 Å². The maximum Gasteiger partial charge on any atom is 0.0646 e. The molecule has 1 spiro atoms. The fourth-order valence-electron chi connectivity index (χ4n) is 2.93. The fraction of sp³-hybridized carbons (Fsp3) is 0.417. The minimum absolute atomic E-state index is 0.452. The number of nitrogens with one attached hydrogen (secondary N) is 2. The Bertz CT molecular complexity index is 537. The number of aromatic nitrogens is 2. The number of nitrogens with zero attached hydrogens (tertiary/aromatic N) is 1. The molecule has 15 heavy (non-hydrogen) atoms. The first-order valence-electron chi connectivity index (χ1n) is 5.55. The van der Waals surface area contributed by atoms with E-state index in [-0.39, 0.29) is 0 Å². The van der Waals surface area contributed by atoms with Crippen LogP contribution in [0.25, 0.3) is 10.9 Å². The van der Waals surface area contributed by atoms with Gasteiger partial charge in [0.15, 0.2) is 0 Å². The standard InChI is InChI=1S/C12H13N3/c1-4-13-5-9-8(1)11-10(15-9)6-14-7-12(11)2-3-12/h1,4-5,14-15H,2-3,6-7H2. The molecule has 0 atom stereocenters. The van der Waals surface area contributed by atoms with Crippen LogP contribution in [0.4, 0.5) is 0 Å². The first-order valence-corrected chi connectivity index (χ1v) is 5.55. The third kappa shape index (κ3) is 0.913. The van der Waals surface area contributed by atoms with Crippen molar-refractivity contribution in [3.8, 4) is 0 Å². The molecule has 0 unspecified atom stereocenters. The Morgan fingerprint density at radius 1 is 1.33 bits per heavy atom. The number of H-pyrrole nitrogens is 1. The summed E-state index contributed by atoms with van der Waals surface area (Å²) in [5.41, 5.74) is 4.59. The minimum Gasteiger partial charge on any atom is -0.356 e. The molecule has 1 saturated carbocycles. The van der Waals surface area contributed by atoms with Gasteiger partial charge in [0.05, 0.1) is 11.7 Å². The van der Waals surface area contributed by atoms with E-state index in [1.54, 1.807) is 5.56 Å². The zero-order chi connectivity index (χ0) is 9.88. The summed E-state index contributed by atoms with van der Waals surface area (Å²) < 4.78 is 0. The molecule has 0 aromatic carbocycles. The van der Waals surface area contributed by atoms with Crippen molar-refractivity contribution >= 4 is 10.9 Å². The van der Waals surface area contributed by atoms with Crippen LogP contribution in [-0.4, -0.2) is 16.5 Å². The van der Waals surface area contributed by atoms with E-state index >= 15 is 0 Å². The molecule has 4 rings (SSSR count). The highest BCUT2D eigenvalue weighted by atomic mass is 15.0. The summed E-state index contributed by atoms with van der Waals surface area (Å²) in [6, 6.07) is 2.15. The number of aromatic amines is 1. The van der Waals surface area contributed by atoms with E-state index in [1.165, 1.54) is 29.4 Å². The quantitative estimate of drug-likeness (QED) is 0.678. The van der Waals surface area contributed by atoms with Crippen molar-refractivity contribution in [3.05, 3.63) is 29.7 Å². The van der Waals surface area contributed by atoms with Crippen molar-refractivity contribution in [2.24, 2.45) is 0 Å². The predicted octanol–water partition coefficient (Wildman–Crippen LogP) is 1.70. The lowest BCUT2D eigenvalue weighted by atomic mass is 9.90. The molecule has 1 fully saturated rings.